The second-order valence-electron chi connectivity index (χ2n) is 7.68. The molecule has 2 aliphatic rings. The highest BCUT2D eigenvalue weighted by Crippen LogP contribution is 2.34. The van der Waals surface area contributed by atoms with E-state index in [1.54, 1.807) is 19.2 Å². The van der Waals surface area contributed by atoms with Gasteiger partial charge in [-0.2, -0.15) is 5.10 Å². The lowest BCUT2D eigenvalue weighted by Crippen LogP contribution is -2.49. The highest BCUT2D eigenvalue weighted by Gasteiger charge is 2.32. The van der Waals surface area contributed by atoms with Gasteiger partial charge in [-0.1, -0.05) is 43.0 Å². The van der Waals surface area contributed by atoms with Gasteiger partial charge >= 0.3 is 0 Å². The van der Waals surface area contributed by atoms with Crippen molar-refractivity contribution in [3.05, 3.63) is 78.2 Å². The molecule has 1 aromatic carbocycles. The molecule has 2 aromatic rings. The van der Waals surface area contributed by atoms with Gasteiger partial charge in [-0.05, 0) is 37.1 Å². The second kappa shape index (κ2) is 8.63. The fraction of sp³-hybridized carbons (Fsp3) is 0.292. The van der Waals surface area contributed by atoms with E-state index < -0.39 is 11.9 Å². The minimum Gasteiger partial charge on any atom is -0.489 e. The smallest absolute Gasteiger partial charge is 0.272 e. The van der Waals surface area contributed by atoms with Crippen molar-refractivity contribution < 1.29 is 14.3 Å². The number of allylic oxidation sites excluding steroid dienone is 5. The number of likely N-dealkylation sites (N-methyl/N-ethyl adjacent to an activating group) is 1. The van der Waals surface area contributed by atoms with Gasteiger partial charge in [0.05, 0.1) is 5.69 Å². The lowest BCUT2D eigenvalue weighted by Gasteiger charge is -2.20. The molecular weight excluding hydrogens is 392 g/mol. The molecule has 1 aromatic heterocycles. The molecule has 0 radical (unpaired) electrons. The maximum Gasteiger partial charge on any atom is 0.272 e. The number of ether oxygens (including phenoxy) is 1. The zero-order valence-corrected chi connectivity index (χ0v) is 17.7. The van der Waals surface area contributed by atoms with Crippen LogP contribution in [0.15, 0.2) is 66.8 Å². The molecule has 3 heterocycles. The van der Waals surface area contributed by atoms with Crippen molar-refractivity contribution in [2.75, 3.05) is 18.6 Å². The number of aryl methyl sites for hydroxylation is 1. The van der Waals surface area contributed by atoms with Crippen molar-refractivity contribution in [3.8, 4) is 5.75 Å². The number of nitrogens with zero attached hydrogens (tertiary/aromatic N) is 3. The van der Waals surface area contributed by atoms with Crippen LogP contribution in [0.4, 0.5) is 5.69 Å². The summed E-state index contributed by atoms with van der Waals surface area (Å²) >= 11 is 0. The average Bonchev–Trinajstić information content (AvgIpc) is 3.34. The first-order chi connectivity index (χ1) is 15.0. The van der Waals surface area contributed by atoms with Crippen LogP contribution in [0.25, 0.3) is 0 Å². The van der Waals surface area contributed by atoms with Gasteiger partial charge in [0, 0.05) is 25.2 Å². The second-order valence-corrected chi connectivity index (χ2v) is 7.68. The molecule has 0 aliphatic carbocycles. The van der Waals surface area contributed by atoms with Crippen molar-refractivity contribution in [2.45, 2.75) is 31.8 Å². The van der Waals surface area contributed by atoms with Crippen LogP contribution in [0.1, 0.15) is 35.4 Å². The molecule has 2 atom stereocenters. The van der Waals surface area contributed by atoms with Gasteiger partial charge in [-0.3, -0.25) is 14.3 Å². The maximum absolute atomic E-state index is 12.9. The molecule has 0 saturated carbocycles. The van der Waals surface area contributed by atoms with Crippen molar-refractivity contribution in [2.24, 2.45) is 0 Å². The summed E-state index contributed by atoms with van der Waals surface area (Å²) in [6, 6.07) is 8.31. The number of nitrogens with one attached hydrogen (secondary N) is 1. The van der Waals surface area contributed by atoms with E-state index in [9.17, 15) is 9.59 Å². The van der Waals surface area contributed by atoms with E-state index in [0.717, 1.165) is 24.2 Å². The molecule has 0 spiro atoms. The van der Waals surface area contributed by atoms with E-state index in [-0.39, 0.29) is 18.4 Å². The van der Waals surface area contributed by atoms with E-state index >= 15 is 0 Å². The standard InChI is InChI=1S/C24H26N4O3/c1-4-5-6-9-16(2)17-12-13-28-21(17)14-18(26-28)23(29)25-19-15-31-22-11-8-7-10-20(22)27(3)24(19)30/h4-11,14,17,19H,2,12-13,15H2,1,3H3,(H,25,29)/b5-4-,9-6-/t17-,19+/m1/s1. The molecule has 0 saturated heterocycles. The number of hydrogen-bond acceptors (Lipinski definition) is 4. The van der Waals surface area contributed by atoms with E-state index in [1.807, 2.05) is 54.1 Å². The van der Waals surface area contributed by atoms with Gasteiger partial charge in [0.1, 0.15) is 24.1 Å². The molecule has 2 amide bonds. The highest BCUT2D eigenvalue weighted by atomic mass is 16.5. The largest absolute Gasteiger partial charge is 0.489 e. The van der Waals surface area contributed by atoms with E-state index in [4.69, 9.17) is 4.74 Å². The number of rotatable bonds is 5. The van der Waals surface area contributed by atoms with E-state index in [0.29, 0.717) is 17.1 Å². The summed E-state index contributed by atoms with van der Waals surface area (Å²) in [6.07, 6.45) is 8.77. The van der Waals surface area contributed by atoms with E-state index in [1.165, 1.54) is 4.90 Å². The summed E-state index contributed by atoms with van der Waals surface area (Å²) in [6.45, 7) is 6.93. The van der Waals surface area contributed by atoms with Crippen LogP contribution < -0.4 is 15.0 Å². The molecule has 7 nitrogen and oxygen atoms in total. The summed E-state index contributed by atoms with van der Waals surface area (Å²) in [4.78, 5) is 27.3. The minimum atomic E-state index is -0.795. The molecule has 0 fully saturated rings. The Hall–Kier alpha value is -3.61. The van der Waals surface area contributed by atoms with Gasteiger partial charge in [-0.25, -0.2) is 0 Å². The number of carbonyl (C=O) groups is 2. The number of para-hydroxylation sites is 2. The van der Waals surface area contributed by atoms with Crippen LogP contribution in [0.5, 0.6) is 5.75 Å². The van der Waals surface area contributed by atoms with Crippen LogP contribution in [0.3, 0.4) is 0 Å². The third kappa shape index (κ3) is 4.03. The van der Waals surface area contributed by atoms with Crippen LogP contribution in [0, 0.1) is 0 Å². The fourth-order valence-electron chi connectivity index (χ4n) is 3.97. The zero-order chi connectivity index (χ0) is 22.0. The van der Waals surface area contributed by atoms with Crippen LogP contribution in [-0.4, -0.2) is 41.3 Å². The van der Waals surface area contributed by atoms with Crippen LogP contribution in [-0.2, 0) is 11.3 Å². The molecule has 0 bridgehead atoms. The molecule has 1 N–H and O–H groups in total. The Morgan fingerprint density at radius 2 is 2.13 bits per heavy atom. The topological polar surface area (TPSA) is 76.5 Å². The van der Waals surface area contributed by atoms with Gasteiger partial charge in [-0.15, -0.1) is 0 Å². The van der Waals surface area contributed by atoms with Crippen LogP contribution in [0.2, 0.25) is 0 Å². The van der Waals surface area contributed by atoms with Crippen molar-refractivity contribution in [3.63, 3.8) is 0 Å². The van der Waals surface area contributed by atoms with Gasteiger partial charge in [0.2, 0.25) is 0 Å². The maximum atomic E-state index is 12.9. The van der Waals surface area contributed by atoms with Gasteiger partial charge in [0.15, 0.2) is 0 Å². The molecule has 7 heteroatoms. The Bertz CT molecular complexity index is 1080. The molecule has 31 heavy (non-hydrogen) atoms. The Kier molecular flexibility index (Phi) is 5.75. The van der Waals surface area contributed by atoms with Gasteiger partial charge in [0.25, 0.3) is 11.8 Å². The quantitative estimate of drug-likeness (QED) is 0.757. The summed E-state index contributed by atoms with van der Waals surface area (Å²) in [5, 5.41) is 7.24. The average molecular weight is 418 g/mol. The molecule has 2 aliphatic heterocycles. The number of fused-ring (bicyclic) bond motifs is 2. The monoisotopic (exact) mass is 418 g/mol. The Labute approximate surface area is 181 Å². The number of aromatic nitrogens is 2. The summed E-state index contributed by atoms with van der Waals surface area (Å²) in [5.74, 6) is 0.116. The lowest BCUT2D eigenvalue weighted by molar-refractivity contribution is -0.120. The molecular formula is C24H26N4O3. The minimum absolute atomic E-state index is 0.0642. The summed E-state index contributed by atoms with van der Waals surface area (Å²) in [5.41, 5.74) is 2.92. The normalized spacial score (nSPS) is 20.5. The number of benzene rings is 1. The highest BCUT2D eigenvalue weighted by molar-refractivity contribution is 6.02. The number of carbonyl (C=O) groups excluding carboxylic acids is 2. The molecule has 160 valence electrons. The van der Waals surface area contributed by atoms with Crippen LogP contribution >= 0.6 is 0 Å². The first kappa shape index (κ1) is 20.7. The first-order valence-electron chi connectivity index (χ1n) is 10.4. The van der Waals surface area contributed by atoms with Crippen molar-refractivity contribution >= 4 is 17.5 Å². The zero-order valence-electron chi connectivity index (χ0n) is 17.7. The molecule has 4 rings (SSSR count). The van der Waals surface area contributed by atoms with E-state index in [2.05, 4.69) is 17.0 Å². The number of hydrogen-bond donors (Lipinski definition) is 1. The first-order valence-corrected chi connectivity index (χ1v) is 10.4. The van der Waals surface area contributed by atoms with Crippen molar-refractivity contribution in [1.29, 1.82) is 0 Å². The fourth-order valence-corrected chi connectivity index (χ4v) is 3.97. The summed E-state index contributed by atoms with van der Waals surface area (Å²) in [7, 11) is 1.68. The Balaban J connectivity index is 1.47. The number of anilines is 1. The predicted octanol–water partition coefficient (Wildman–Crippen LogP) is 3.21. The summed E-state index contributed by atoms with van der Waals surface area (Å²) < 4.78 is 7.62. The third-order valence-corrected chi connectivity index (χ3v) is 5.66. The lowest BCUT2D eigenvalue weighted by atomic mass is 9.95. The SMILES string of the molecule is C=C(/C=C\C=C/C)[C@H]1CCn2nc(C(=O)N[C@H]3COc4ccccc4N(C)C3=O)cc21. The number of amides is 2. The Morgan fingerprint density at radius 3 is 2.94 bits per heavy atom. The van der Waals surface area contributed by atoms with Gasteiger partial charge < -0.3 is 15.0 Å². The predicted molar refractivity (Wildman–Crippen MR) is 119 cm³/mol. The molecule has 0 unspecified atom stereocenters. The third-order valence-electron chi connectivity index (χ3n) is 5.66. The Morgan fingerprint density at radius 1 is 1.32 bits per heavy atom. The van der Waals surface area contributed by atoms with Crippen molar-refractivity contribution in [1.82, 2.24) is 15.1 Å².